The molecule has 1 rings (SSSR count). The molecule has 1 aromatic rings. The van der Waals surface area contributed by atoms with Crippen molar-refractivity contribution in [1.29, 1.82) is 0 Å². The fourth-order valence-corrected chi connectivity index (χ4v) is 2.29. The third kappa shape index (κ3) is 2.34. The van der Waals surface area contributed by atoms with E-state index in [-0.39, 0.29) is 6.04 Å². The number of hydrogen-bond donors (Lipinski definition) is 1. The highest BCUT2D eigenvalue weighted by Gasteiger charge is 2.07. The summed E-state index contributed by atoms with van der Waals surface area (Å²) in [6, 6.07) is 5.95. The van der Waals surface area contributed by atoms with Gasteiger partial charge in [0.25, 0.3) is 0 Å². The first-order valence-electron chi connectivity index (χ1n) is 3.85. The van der Waals surface area contributed by atoms with E-state index in [0.29, 0.717) is 0 Å². The molecule has 1 atom stereocenters. The SMILES string of the molecule is CC[C@@H](N)c1ccc(Cl)cc1I. The zero-order valence-corrected chi connectivity index (χ0v) is 9.76. The van der Waals surface area contributed by atoms with Gasteiger partial charge in [0.2, 0.25) is 0 Å². The molecule has 0 unspecified atom stereocenters. The predicted octanol–water partition coefficient (Wildman–Crippen LogP) is 3.35. The van der Waals surface area contributed by atoms with Gasteiger partial charge < -0.3 is 5.73 Å². The molecule has 1 nitrogen and oxygen atoms in total. The van der Waals surface area contributed by atoms with Gasteiger partial charge in [-0.1, -0.05) is 24.6 Å². The fraction of sp³-hybridized carbons (Fsp3) is 0.333. The lowest BCUT2D eigenvalue weighted by Crippen LogP contribution is -2.09. The molecular weight excluding hydrogens is 284 g/mol. The van der Waals surface area contributed by atoms with Gasteiger partial charge >= 0.3 is 0 Å². The first-order valence-corrected chi connectivity index (χ1v) is 5.31. The Labute approximate surface area is 91.4 Å². The van der Waals surface area contributed by atoms with Gasteiger partial charge in [0.1, 0.15) is 0 Å². The van der Waals surface area contributed by atoms with Crippen LogP contribution in [0.15, 0.2) is 18.2 Å². The zero-order valence-electron chi connectivity index (χ0n) is 6.85. The summed E-state index contributed by atoms with van der Waals surface area (Å²) in [6.07, 6.45) is 0.956. The fourth-order valence-electron chi connectivity index (χ4n) is 1.02. The van der Waals surface area contributed by atoms with Crippen LogP contribution in [0.2, 0.25) is 5.02 Å². The summed E-state index contributed by atoms with van der Waals surface area (Å²) >= 11 is 8.08. The van der Waals surface area contributed by atoms with Crippen LogP contribution in [0.4, 0.5) is 0 Å². The first-order chi connectivity index (χ1) is 5.65. The van der Waals surface area contributed by atoms with Crippen LogP contribution in [0.5, 0.6) is 0 Å². The lowest BCUT2D eigenvalue weighted by molar-refractivity contribution is 0.695. The summed E-state index contributed by atoms with van der Waals surface area (Å²) in [4.78, 5) is 0. The minimum Gasteiger partial charge on any atom is -0.324 e. The summed E-state index contributed by atoms with van der Waals surface area (Å²) in [5.41, 5.74) is 7.08. The van der Waals surface area contributed by atoms with Crippen LogP contribution in [0.3, 0.4) is 0 Å². The second-order valence-electron chi connectivity index (χ2n) is 2.68. The van der Waals surface area contributed by atoms with Crippen LogP contribution >= 0.6 is 34.2 Å². The first kappa shape index (κ1) is 10.3. The Bertz CT molecular complexity index is 275. The van der Waals surface area contributed by atoms with Crippen molar-refractivity contribution in [3.8, 4) is 0 Å². The van der Waals surface area contributed by atoms with E-state index in [1.54, 1.807) is 0 Å². The Kier molecular flexibility index (Phi) is 3.80. The van der Waals surface area contributed by atoms with Crippen molar-refractivity contribution in [3.63, 3.8) is 0 Å². The molecule has 0 spiro atoms. The van der Waals surface area contributed by atoms with Gasteiger partial charge in [-0.15, -0.1) is 0 Å². The van der Waals surface area contributed by atoms with Crippen LogP contribution in [-0.2, 0) is 0 Å². The van der Waals surface area contributed by atoms with E-state index in [0.717, 1.165) is 15.0 Å². The molecule has 0 bridgehead atoms. The van der Waals surface area contributed by atoms with Crippen molar-refractivity contribution in [2.45, 2.75) is 19.4 Å². The lowest BCUT2D eigenvalue weighted by atomic mass is 10.1. The number of hydrogen-bond acceptors (Lipinski definition) is 1. The normalized spacial score (nSPS) is 13.0. The Balaban J connectivity index is 3.01. The van der Waals surface area contributed by atoms with E-state index in [1.165, 1.54) is 5.56 Å². The summed E-state index contributed by atoms with van der Waals surface area (Å²) in [5, 5.41) is 0.770. The van der Waals surface area contributed by atoms with Gasteiger partial charge in [-0.05, 0) is 46.7 Å². The molecule has 0 heterocycles. The summed E-state index contributed by atoms with van der Waals surface area (Å²) < 4.78 is 1.15. The van der Waals surface area contributed by atoms with Crippen molar-refractivity contribution in [3.05, 3.63) is 32.4 Å². The molecule has 0 amide bonds. The molecule has 0 radical (unpaired) electrons. The van der Waals surface area contributed by atoms with Crippen LogP contribution in [0.25, 0.3) is 0 Å². The molecule has 2 N–H and O–H groups in total. The molecule has 0 aliphatic rings. The average molecular weight is 296 g/mol. The Morgan fingerprint density at radius 1 is 1.58 bits per heavy atom. The highest BCUT2D eigenvalue weighted by Crippen LogP contribution is 2.23. The molecule has 0 saturated carbocycles. The van der Waals surface area contributed by atoms with Gasteiger partial charge in [0.15, 0.2) is 0 Å². The van der Waals surface area contributed by atoms with Crippen LogP contribution in [-0.4, -0.2) is 0 Å². The molecule has 1 aromatic carbocycles. The van der Waals surface area contributed by atoms with E-state index in [2.05, 4.69) is 29.5 Å². The quantitative estimate of drug-likeness (QED) is 0.832. The van der Waals surface area contributed by atoms with E-state index in [4.69, 9.17) is 17.3 Å². The Morgan fingerprint density at radius 3 is 2.75 bits per heavy atom. The molecule has 0 fully saturated rings. The van der Waals surface area contributed by atoms with Crippen LogP contribution in [0, 0.1) is 3.57 Å². The maximum atomic E-state index is 5.90. The van der Waals surface area contributed by atoms with Crippen LogP contribution in [0.1, 0.15) is 24.9 Å². The van der Waals surface area contributed by atoms with Gasteiger partial charge in [-0.25, -0.2) is 0 Å². The molecule has 0 saturated heterocycles. The van der Waals surface area contributed by atoms with E-state index < -0.39 is 0 Å². The average Bonchev–Trinajstić information content (AvgIpc) is 2.03. The zero-order chi connectivity index (χ0) is 9.14. The van der Waals surface area contributed by atoms with Crippen molar-refractivity contribution >= 4 is 34.2 Å². The molecule has 0 aromatic heterocycles. The minimum atomic E-state index is 0.133. The van der Waals surface area contributed by atoms with Crippen molar-refractivity contribution in [2.24, 2.45) is 5.73 Å². The predicted molar refractivity (Wildman–Crippen MR) is 61.4 cm³/mol. The largest absolute Gasteiger partial charge is 0.324 e. The molecular formula is C9H11ClIN. The molecule has 3 heteroatoms. The summed E-state index contributed by atoms with van der Waals surface area (Å²) in [5.74, 6) is 0. The van der Waals surface area contributed by atoms with Gasteiger partial charge in [-0.3, -0.25) is 0 Å². The number of benzene rings is 1. The van der Waals surface area contributed by atoms with Crippen molar-refractivity contribution < 1.29 is 0 Å². The van der Waals surface area contributed by atoms with Gasteiger partial charge in [0.05, 0.1) is 0 Å². The number of rotatable bonds is 2. The smallest absolute Gasteiger partial charge is 0.0416 e. The Hall–Kier alpha value is 0.200. The molecule has 66 valence electrons. The van der Waals surface area contributed by atoms with E-state index in [9.17, 15) is 0 Å². The van der Waals surface area contributed by atoms with Crippen LogP contribution < -0.4 is 5.73 Å². The topological polar surface area (TPSA) is 26.0 Å². The third-order valence-electron chi connectivity index (χ3n) is 1.80. The van der Waals surface area contributed by atoms with Gasteiger partial charge in [-0.2, -0.15) is 0 Å². The van der Waals surface area contributed by atoms with Crippen molar-refractivity contribution in [2.75, 3.05) is 0 Å². The molecule has 0 aliphatic carbocycles. The highest BCUT2D eigenvalue weighted by atomic mass is 127. The second-order valence-corrected chi connectivity index (χ2v) is 4.28. The molecule has 12 heavy (non-hydrogen) atoms. The van der Waals surface area contributed by atoms with Gasteiger partial charge in [0, 0.05) is 14.6 Å². The maximum absolute atomic E-state index is 5.90. The standard InChI is InChI=1S/C9H11ClIN/c1-2-9(12)7-4-3-6(10)5-8(7)11/h3-5,9H,2,12H2,1H3/t9-/m1/s1. The third-order valence-corrected chi connectivity index (χ3v) is 2.97. The molecule has 0 aliphatic heterocycles. The lowest BCUT2D eigenvalue weighted by Gasteiger charge is -2.11. The Morgan fingerprint density at radius 2 is 2.25 bits per heavy atom. The van der Waals surface area contributed by atoms with Crippen molar-refractivity contribution in [1.82, 2.24) is 0 Å². The van der Waals surface area contributed by atoms with E-state index >= 15 is 0 Å². The highest BCUT2D eigenvalue weighted by molar-refractivity contribution is 14.1. The second kappa shape index (κ2) is 4.44. The summed E-state index contributed by atoms with van der Waals surface area (Å²) in [7, 11) is 0. The number of halogens is 2. The summed E-state index contributed by atoms with van der Waals surface area (Å²) in [6.45, 7) is 2.08. The maximum Gasteiger partial charge on any atom is 0.0416 e. The number of nitrogens with two attached hydrogens (primary N) is 1. The monoisotopic (exact) mass is 295 g/mol. The van der Waals surface area contributed by atoms with E-state index in [1.807, 2.05) is 18.2 Å². The minimum absolute atomic E-state index is 0.133.